The van der Waals surface area contributed by atoms with E-state index in [9.17, 15) is 8.42 Å². The zero-order chi connectivity index (χ0) is 20.8. The van der Waals surface area contributed by atoms with Crippen LogP contribution in [0.1, 0.15) is 30.4 Å². The molecular weight excluding hydrogens is 394 g/mol. The molecule has 0 bridgehead atoms. The third kappa shape index (κ3) is 4.89. The Kier molecular flexibility index (Phi) is 6.45. The first-order valence-electron chi connectivity index (χ1n) is 10.4. The number of sulfonamides is 1. The predicted octanol–water partition coefficient (Wildman–Crippen LogP) is 4.46. The van der Waals surface area contributed by atoms with Crippen LogP contribution in [0.2, 0.25) is 0 Å². The Morgan fingerprint density at radius 3 is 1.83 bits per heavy atom. The molecule has 3 aromatic rings. The van der Waals surface area contributed by atoms with Crippen molar-refractivity contribution in [1.29, 1.82) is 0 Å². The van der Waals surface area contributed by atoms with Crippen molar-refractivity contribution in [2.24, 2.45) is 0 Å². The molecule has 0 atom stereocenters. The fourth-order valence-corrected chi connectivity index (χ4v) is 5.25. The van der Waals surface area contributed by atoms with Crippen LogP contribution in [0.5, 0.6) is 0 Å². The van der Waals surface area contributed by atoms with Gasteiger partial charge in [-0.15, -0.1) is 0 Å². The first kappa shape index (κ1) is 20.6. The van der Waals surface area contributed by atoms with Crippen molar-refractivity contribution in [3.8, 4) is 0 Å². The minimum Gasteiger partial charge on any atom is -0.348 e. The largest absolute Gasteiger partial charge is 0.348 e. The summed E-state index contributed by atoms with van der Waals surface area (Å²) >= 11 is 0. The molecule has 6 heteroatoms. The lowest BCUT2D eigenvalue weighted by Crippen LogP contribution is -2.35. The van der Waals surface area contributed by atoms with E-state index in [1.165, 1.54) is 17.3 Å². The molecule has 0 spiro atoms. The van der Waals surface area contributed by atoms with Crippen molar-refractivity contribution in [1.82, 2.24) is 9.29 Å². The molecule has 0 saturated carbocycles. The summed E-state index contributed by atoms with van der Waals surface area (Å²) in [6.07, 6.45) is 4.44. The number of pyridine rings is 1. The van der Waals surface area contributed by atoms with Gasteiger partial charge in [0.25, 0.3) is 0 Å². The van der Waals surface area contributed by atoms with Crippen molar-refractivity contribution in [3.05, 3.63) is 90.1 Å². The van der Waals surface area contributed by atoms with Gasteiger partial charge >= 0.3 is 0 Å². The van der Waals surface area contributed by atoms with Crippen LogP contribution in [-0.4, -0.2) is 30.8 Å². The summed E-state index contributed by atoms with van der Waals surface area (Å²) in [6, 6.07) is 24.0. The van der Waals surface area contributed by atoms with E-state index in [4.69, 9.17) is 0 Å². The second kappa shape index (κ2) is 9.41. The maximum absolute atomic E-state index is 12.9. The number of rotatable bonds is 7. The van der Waals surface area contributed by atoms with Crippen LogP contribution in [0.15, 0.2) is 83.9 Å². The summed E-state index contributed by atoms with van der Waals surface area (Å²) in [5.74, 6) is 0.764. The minimum absolute atomic E-state index is 0.271. The van der Waals surface area contributed by atoms with Gasteiger partial charge in [0, 0.05) is 32.4 Å². The van der Waals surface area contributed by atoms with E-state index in [2.05, 4.69) is 34.1 Å². The Hall–Kier alpha value is -2.70. The van der Waals surface area contributed by atoms with Gasteiger partial charge in [-0.25, -0.2) is 13.4 Å². The van der Waals surface area contributed by atoms with E-state index in [1.54, 1.807) is 10.4 Å². The maximum Gasteiger partial charge on any atom is 0.244 e. The zero-order valence-corrected chi connectivity index (χ0v) is 17.8. The molecule has 1 aliphatic heterocycles. The first-order valence-corrected chi connectivity index (χ1v) is 11.9. The van der Waals surface area contributed by atoms with Crippen LogP contribution >= 0.6 is 0 Å². The average molecular weight is 422 g/mol. The summed E-state index contributed by atoms with van der Waals surface area (Å²) in [5, 5.41) is 0. The second-order valence-electron chi connectivity index (χ2n) is 7.64. The Morgan fingerprint density at radius 1 is 0.767 bits per heavy atom. The third-order valence-electron chi connectivity index (χ3n) is 5.43. The number of hydrogen-bond acceptors (Lipinski definition) is 4. The standard InChI is InChI=1S/C24H27N3O2S/c28-30(29,27-16-8-3-9-17-27)23-14-15-24(25-18-23)26(19-21-10-4-1-5-11-21)20-22-12-6-2-7-13-22/h1-2,4-7,10-15,18H,3,8-9,16-17,19-20H2. The van der Waals surface area contributed by atoms with Gasteiger partial charge in [0.05, 0.1) is 0 Å². The van der Waals surface area contributed by atoms with Crippen molar-refractivity contribution in [3.63, 3.8) is 0 Å². The molecule has 2 heterocycles. The smallest absolute Gasteiger partial charge is 0.244 e. The van der Waals surface area contributed by atoms with Crippen LogP contribution in [0, 0.1) is 0 Å². The van der Waals surface area contributed by atoms with E-state index in [0.717, 1.165) is 25.1 Å². The first-order chi connectivity index (χ1) is 14.6. The lowest BCUT2D eigenvalue weighted by atomic mass is 10.1. The highest BCUT2D eigenvalue weighted by atomic mass is 32.2. The van der Waals surface area contributed by atoms with E-state index in [-0.39, 0.29) is 4.90 Å². The number of nitrogens with zero attached hydrogens (tertiary/aromatic N) is 3. The fourth-order valence-electron chi connectivity index (χ4n) is 3.79. The highest BCUT2D eigenvalue weighted by molar-refractivity contribution is 7.89. The summed E-state index contributed by atoms with van der Waals surface area (Å²) in [5.41, 5.74) is 2.36. The van der Waals surface area contributed by atoms with Gasteiger partial charge in [-0.1, -0.05) is 67.1 Å². The molecule has 2 aromatic carbocycles. The highest BCUT2D eigenvalue weighted by Crippen LogP contribution is 2.23. The van der Waals surface area contributed by atoms with Crippen molar-refractivity contribution in [2.45, 2.75) is 37.2 Å². The number of piperidine rings is 1. The van der Waals surface area contributed by atoms with Crippen molar-refractivity contribution >= 4 is 15.8 Å². The van der Waals surface area contributed by atoms with Gasteiger partial charge < -0.3 is 4.90 Å². The van der Waals surface area contributed by atoms with Crippen LogP contribution in [0.25, 0.3) is 0 Å². The molecule has 0 amide bonds. The molecule has 0 N–H and O–H groups in total. The highest BCUT2D eigenvalue weighted by Gasteiger charge is 2.26. The van der Waals surface area contributed by atoms with Crippen LogP contribution in [0.3, 0.4) is 0 Å². The summed E-state index contributed by atoms with van der Waals surface area (Å²) < 4.78 is 27.4. The summed E-state index contributed by atoms with van der Waals surface area (Å²) in [7, 11) is -3.47. The van der Waals surface area contributed by atoms with Gasteiger partial charge in [0.2, 0.25) is 10.0 Å². The number of anilines is 1. The molecule has 1 aliphatic rings. The summed E-state index contributed by atoms with van der Waals surface area (Å²) in [4.78, 5) is 6.99. The molecule has 5 nitrogen and oxygen atoms in total. The fraction of sp³-hybridized carbons (Fsp3) is 0.292. The van der Waals surface area contributed by atoms with E-state index >= 15 is 0 Å². The molecule has 156 valence electrons. The van der Waals surface area contributed by atoms with E-state index in [0.29, 0.717) is 26.2 Å². The molecule has 1 saturated heterocycles. The minimum atomic E-state index is -3.47. The van der Waals surface area contributed by atoms with E-state index < -0.39 is 10.0 Å². The van der Waals surface area contributed by atoms with Gasteiger partial charge in [0.1, 0.15) is 10.7 Å². The molecule has 0 unspecified atom stereocenters. The summed E-state index contributed by atoms with van der Waals surface area (Å²) in [6.45, 7) is 2.58. The monoisotopic (exact) mass is 421 g/mol. The number of hydrogen-bond donors (Lipinski definition) is 0. The Bertz CT molecular complexity index is 991. The van der Waals surface area contributed by atoms with Crippen LogP contribution in [0.4, 0.5) is 5.82 Å². The van der Waals surface area contributed by atoms with Gasteiger partial charge in [-0.05, 0) is 36.1 Å². The Morgan fingerprint density at radius 2 is 1.33 bits per heavy atom. The van der Waals surface area contributed by atoms with Gasteiger partial charge in [0.15, 0.2) is 0 Å². The molecule has 30 heavy (non-hydrogen) atoms. The third-order valence-corrected chi connectivity index (χ3v) is 7.31. The number of benzene rings is 2. The predicted molar refractivity (Wildman–Crippen MR) is 120 cm³/mol. The van der Waals surface area contributed by atoms with Crippen molar-refractivity contribution < 1.29 is 8.42 Å². The Balaban J connectivity index is 1.58. The second-order valence-corrected chi connectivity index (χ2v) is 9.58. The maximum atomic E-state index is 12.9. The molecule has 1 fully saturated rings. The normalized spacial score (nSPS) is 15.1. The van der Waals surface area contributed by atoms with Crippen molar-refractivity contribution in [2.75, 3.05) is 18.0 Å². The molecule has 1 aromatic heterocycles. The average Bonchev–Trinajstić information content (AvgIpc) is 2.81. The quantitative estimate of drug-likeness (QED) is 0.565. The molecule has 0 radical (unpaired) electrons. The molecule has 4 rings (SSSR count). The molecule has 0 aliphatic carbocycles. The molecular formula is C24H27N3O2S. The zero-order valence-electron chi connectivity index (χ0n) is 17.0. The van der Waals surface area contributed by atoms with Crippen LogP contribution in [-0.2, 0) is 23.1 Å². The Labute approximate surface area is 179 Å². The number of aromatic nitrogens is 1. The van der Waals surface area contributed by atoms with E-state index in [1.807, 2.05) is 42.5 Å². The lowest BCUT2D eigenvalue weighted by Gasteiger charge is -2.27. The van der Waals surface area contributed by atoms with Gasteiger partial charge in [-0.2, -0.15) is 4.31 Å². The van der Waals surface area contributed by atoms with Crippen LogP contribution < -0.4 is 4.90 Å². The topological polar surface area (TPSA) is 53.5 Å². The van der Waals surface area contributed by atoms with Gasteiger partial charge in [-0.3, -0.25) is 0 Å². The lowest BCUT2D eigenvalue weighted by molar-refractivity contribution is 0.346. The SMILES string of the molecule is O=S(=O)(c1ccc(N(Cc2ccccc2)Cc2ccccc2)nc1)N1CCCCC1.